The van der Waals surface area contributed by atoms with Crippen LogP contribution in [0.15, 0.2) is 0 Å². The van der Waals surface area contributed by atoms with Crippen molar-refractivity contribution in [3.63, 3.8) is 0 Å². The molecule has 4 fully saturated rings. The summed E-state index contributed by atoms with van der Waals surface area (Å²) in [6.45, 7) is 3.73. The fraction of sp³-hybridized carbons (Fsp3) is 1.00. The average Bonchev–Trinajstić information content (AvgIpc) is 2.30. The zero-order chi connectivity index (χ0) is 12.5. The molecule has 0 aromatic carbocycles. The lowest BCUT2D eigenvalue weighted by Crippen LogP contribution is -2.48. The Labute approximate surface area is 113 Å². The second kappa shape index (κ2) is 5.50. The third-order valence-corrected chi connectivity index (χ3v) is 5.76. The molecule has 2 nitrogen and oxygen atoms in total. The molecule has 4 saturated carbocycles. The highest BCUT2D eigenvalue weighted by Crippen LogP contribution is 2.56. The van der Waals surface area contributed by atoms with E-state index in [1.165, 1.54) is 26.1 Å². The predicted molar refractivity (Wildman–Crippen MR) is 76.6 cm³/mol. The first-order valence-electron chi connectivity index (χ1n) is 8.08. The van der Waals surface area contributed by atoms with Crippen LogP contribution in [0.4, 0.5) is 0 Å². The smallest absolute Gasteiger partial charge is 0.00127 e. The molecule has 0 heterocycles. The van der Waals surface area contributed by atoms with Crippen LogP contribution in [0.2, 0.25) is 0 Å². The van der Waals surface area contributed by atoms with E-state index in [0.717, 1.165) is 29.6 Å². The highest BCUT2D eigenvalue weighted by Gasteiger charge is 2.47. The molecule has 0 aromatic heterocycles. The lowest BCUT2D eigenvalue weighted by molar-refractivity contribution is -0.0354. The molecule has 4 bridgehead atoms. The van der Waals surface area contributed by atoms with E-state index < -0.39 is 0 Å². The highest BCUT2D eigenvalue weighted by atomic mass is 15.1. The van der Waals surface area contributed by atoms with Crippen molar-refractivity contribution in [2.45, 2.75) is 38.5 Å². The van der Waals surface area contributed by atoms with Crippen LogP contribution < -0.4 is 5.32 Å². The summed E-state index contributed by atoms with van der Waals surface area (Å²) in [7, 11) is 4.33. The molecular formula is C16H30N2. The Balaban J connectivity index is 1.41. The van der Waals surface area contributed by atoms with Crippen LogP contribution in [0.5, 0.6) is 0 Å². The Bertz CT molecular complexity index is 246. The second-order valence-electron chi connectivity index (χ2n) is 7.46. The molecule has 0 aromatic rings. The van der Waals surface area contributed by atoms with Crippen molar-refractivity contribution >= 4 is 0 Å². The minimum absolute atomic E-state index is 1.03. The van der Waals surface area contributed by atoms with Gasteiger partial charge in [-0.1, -0.05) is 0 Å². The molecule has 0 spiro atoms. The monoisotopic (exact) mass is 250 g/mol. The summed E-state index contributed by atoms with van der Waals surface area (Å²) in [6.07, 6.45) is 9.14. The standard InChI is InChI=1S/C16H30N2/c1-18(2)5-3-4-17-11-16-14-7-12-6-13(9-14)10-15(16)8-12/h12-17H,3-11H2,1-2H3. The van der Waals surface area contributed by atoms with Gasteiger partial charge in [-0.15, -0.1) is 0 Å². The van der Waals surface area contributed by atoms with Crippen LogP contribution >= 0.6 is 0 Å². The molecule has 0 saturated heterocycles. The first kappa shape index (κ1) is 12.9. The largest absolute Gasteiger partial charge is 0.316 e. The Morgan fingerprint density at radius 3 is 2.11 bits per heavy atom. The van der Waals surface area contributed by atoms with Crippen LogP contribution in [0.25, 0.3) is 0 Å². The SMILES string of the molecule is CN(C)CCCNCC1C2CC3CC(C2)CC1C3. The van der Waals surface area contributed by atoms with Gasteiger partial charge in [0.15, 0.2) is 0 Å². The van der Waals surface area contributed by atoms with Gasteiger partial charge in [-0.05, 0) is 102 Å². The van der Waals surface area contributed by atoms with Crippen LogP contribution in [0.3, 0.4) is 0 Å². The van der Waals surface area contributed by atoms with Crippen LogP contribution in [0, 0.1) is 29.6 Å². The van der Waals surface area contributed by atoms with E-state index >= 15 is 0 Å². The predicted octanol–water partition coefficient (Wildman–Crippen LogP) is 2.60. The van der Waals surface area contributed by atoms with Crippen LogP contribution in [-0.4, -0.2) is 38.6 Å². The zero-order valence-corrected chi connectivity index (χ0v) is 12.2. The van der Waals surface area contributed by atoms with Crippen molar-refractivity contribution in [1.29, 1.82) is 0 Å². The number of hydrogen-bond acceptors (Lipinski definition) is 2. The summed E-state index contributed by atoms with van der Waals surface area (Å²) in [5, 5.41) is 3.74. The van der Waals surface area contributed by atoms with Crippen LogP contribution in [-0.2, 0) is 0 Å². The normalized spacial score (nSPS) is 41.8. The topological polar surface area (TPSA) is 15.3 Å². The molecule has 18 heavy (non-hydrogen) atoms. The van der Waals surface area contributed by atoms with E-state index in [2.05, 4.69) is 24.3 Å². The van der Waals surface area contributed by atoms with Crippen molar-refractivity contribution in [2.75, 3.05) is 33.7 Å². The van der Waals surface area contributed by atoms with E-state index in [1.807, 2.05) is 0 Å². The van der Waals surface area contributed by atoms with Crippen LogP contribution in [0.1, 0.15) is 38.5 Å². The molecule has 104 valence electrons. The van der Waals surface area contributed by atoms with Gasteiger partial charge in [0.2, 0.25) is 0 Å². The van der Waals surface area contributed by atoms with E-state index in [-0.39, 0.29) is 0 Å². The molecule has 2 heteroatoms. The fourth-order valence-corrected chi connectivity index (χ4v) is 5.16. The first-order valence-corrected chi connectivity index (χ1v) is 8.08. The molecule has 0 radical (unpaired) electrons. The van der Waals surface area contributed by atoms with Gasteiger partial charge in [-0.3, -0.25) is 0 Å². The summed E-state index contributed by atoms with van der Waals surface area (Å²) in [5.41, 5.74) is 0. The summed E-state index contributed by atoms with van der Waals surface area (Å²) in [5.74, 6) is 5.44. The maximum atomic E-state index is 3.74. The van der Waals surface area contributed by atoms with Crippen molar-refractivity contribution in [3.05, 3.63) is 0 Å². The molecule has 0 amide bonds. The van der Waals surface area contributed by atoms with Crippen molar-refractivity contribution in [1.82, 2.24) is 10.2 Å². The van der Waals surface area contributed by atoms with Gasteiger partial charge in [0.1, 0.15) is 0 Å². The minimum atomic E-state index is 1.03. The maximum Gasteiger partial charge on any atom is -0.00127 e. The fourth-order valence-electron chi connectivity index (χ4n) is 5.16. The van der Waals surface area contributed by atoms with Gasteiger partial charge in [0.05, 0.1) is 0 Å². The molecule has 0 atom stereocenters. The molecule has 0 unspecified atom stereocenters. The van der Waals surface area contributed by atoms with E-state index in [0.29, 0.717) is 0 Å². The summed E-state index contributed by atoms with van der Waals surface area (Å²) in [4.78, 5) is 2.28. The average molecular weight is 250 g/mol. The summed E-state index contributed by atoms with van der Waals surface area (Å²) in [6, 6.07) is 0. The zero-order valence-electron chi connectivity index (χ0n) is 12.2. The Morgan fingerprint density at radius 2 is 1.56 bits per heavy atom. The van der Waals surface area contributed by atoms with E-state index in [4.69, 9.17) is 0 Å². The van der Waals surface area contributed by atoms with Gasteiger partial charge in [0, 0.05) is 0 Å². The number of nitrogens with one attached hydrogen (secondary N) is 1. The number of nitrogens with zero attached hydrogens (tertiary/aromatic N) is 1. The third-order valence-electron chi connectivity index (χ3n) is 5.76. The van der Waals surface area contributed by atoms with Gasteiger partial charge in [-0.25, -0.2) is 0 Å². The van der Waals surface area contributed by atoms with Crippen molar-refractivity contribution in [2.24, 2.45) is 29.6 Å². The molecule has 0 aliphatic heterocycles. The lowest BCUT2D eigenvalue weighted by Gasteiger charge is -2.54. The number of rotatable bonds is 6. The molecule has 4 aliphatic carbocycles. The first-order chi connectivity index (χ1) is 8.72. The lowest BCUT2D eigenvalue weighted by atomic mass is 9.52. The molecule has 4 rings (SSSR count). The van der Waals surface area contributed by atoms with Gasteiger partial charge < -0.3 is 10.2 Å². The molecule has 4 aliphatic rings. The van der Waals surface area contributed by atoms with Crippen molar-refractivity contribution in [3.8, 4) is 0 Å². The van der Waals surface area contributed by atoms with Gasteiger partial charge in [0.25, 0.3) is 0 Å². The Kier molecular flexibility index (Phi) is 3.95. The summed E-state index contributed by atoms with van der Waals surface area (Å²) < 4.78 is 0. The Morgan fingerprint density at radius 1 is 0.944 bits per heavy atom. The number of hydrogen-bond donors (Lipinski definition) is 1. The Hall–Kier alpha value is -0.0800. The van der Waals surface area contributed by atoms with E-state index in [9.17, 15) is 0 Å². The summed E-state index contributed by atoms with van der Waals surface area (Å²) >= 11 is 0. The van der Waals surface area contributed by atoms with Crippen molar-refractivity contribution < 1.29 is 0 Å². The molecular weight excluding hydrogens is 220 g/mol. The highest BCUT2D eigenvalue weighted by molar-refractivity contribution is 4.98. The van der Waals surface area contributed by atoms with Gasteiger partial charge >= 0.3 is 0 Å². The second-order valence-corrected chi connectivity index (χ2v) is 7.46. The quantitative estimate of drug-likeness (QED) is 0.729. The maximum absolute atomic E-state index is 3.74. The third kappa shape index (κ3) is 2.75. The molecule has 1 N–H and O–H groups in total. The van der Waals surface area contributed by atoms with E-state index in [1.54, 1.807) is 32.1 Å². The van der Waals surface area contributed by atoms with Gasteiger partial charge in [-0.2, -0.15) is 0 Å². The minimum Gasteiger partial charge on any atom is -0.316 e.